The molecule has 0 aliphatic heterocycles. The lowest BCUT2D eigenvalue weighted by molar-refractivity contribution is 0.865. The van der Waals surface area contributed by atoms with E-state index in [-0.39, 0.29) is 0 Å². The van der Waals surface area contributed by atoms with Crippen LogP contribution in [-0.2, 0) is 0 Å². The summed E-state index contributed by atoms with van der Waals surface area (Å²) in [5.41, 5.74) is 9.17. The van der Waals surface area contributed by atoms with Gasteiger partial charge in [0.25, 0.3) is 0 Å². The first-order chi connectivity index (χ1) is 9.13. The Bertz CT molecular complexity index is 706. The first kappa shape index (κ1) is 11.8. The average Bonchev–Trinajstić information content (AvgIpc) is 2.81. The van der Waals surface area contributed by atoms with Crippen molar-refractivity contribution in [3.8, 4) is 5.69 Å². The second-order valence-corrected chi connectivity index (χ2v) is 5.30. The fourth-order valence-corrected chi connectivity index (χ4v) is 2.34. The molecule has 0 amide bonds. The molecule has 2 nitrogen and oxygen atoms in total. The van der Waals surface area contributed by atoms with E-state index in [0.717, 1.165) is 5.69 Å². The number of benzene rings is 2. The van der Waals surface area contributed by atoms with Crippen molar-refractivity contribution < 1.29 is 0 Å². The number of anilines is 1. The molecule has 0 saturated carbocycles. The van der Waals surface area contributed by atoms with Crippen LogP contribution in [-0.4, -0.2) is 4.57 Å². The minimum absolute atomic E-state index is 0.567. The van der Waals surface area contributed by atoms with E-state index >= 15 is 0 Å². The smallest absolute Gasteiger partial charge is 0.0450 e. The predicted molar refractivity (Wildman–Crippen MR) is 81.8 cm³/mol. The molecule has 0 spiro atoms. The average molecular weight is 250 g/mol. The maximum atomic E-state index is 5.82. The van der Waals surface area contributed by atoms with Crippen molar-refractivity contribution in [2.75, 3.05) is 5.73 Å². The number of rotatable bonds is 2. The highest BCUT2D eigenvalue weighted by Crippen LogP contribution is 2.22. The molecule has 3 aromatic rings. The van der Waals surface area contributed by atoms with Gasteiger partial charge < -0.3 is 10.3 Å². The van der Waals surface area contributed by atoms with E-state index in [1.807, 2.05) is 12.1 Å². The number of nitrogens with zero attached hydrogens (tertiary/aromatic N) is 1. The lowest BCUT2D eigenvalue weighted by Gasteiger charge is -2.07. The maximum absolute atomic E-state index is 5.82. The SMILES string of the molecule is CC(C)c1ccc(-n2cc3ccc(N)cc3c2)cc1. The minimum Gasteiger partial charge on any atom is -0.399 e. The van der Waals surface area contributed by atoms with Crippen LogP contribution in [0.1, 0.15) is 25.3 Å². The zero-order chi connectivity index (χ0) is 13.4. The summed E-state index contributed by atoms with van der Waals surface area (Å²) >= 11 is 0. The Morgan fingerprint density at radius 1 is 0.895 bits per heavy atom. The largest absolute Gasteiger partial charge is 0.399 e. The van der Waals surface area contributed by atoms with E-state index in [2.05, 4.69) is 61.1 Å². The van der Waals surface area contributed by atoms with Crippen LogP contribution < -0.4 is 5.73 Å². The van der Waals surface area contributed by atoms with Crippen LogP contribution in [0.15, 0.2) is 54.9 Å². The van der Waals surface area contributed by atoms with Gasteiger partial charge in [-0.05, 0) is 41.1 Å². The third-order valence-corrected chi connectivity index (χ3v) is 3.53. The number of hydrogen-bond donors (Lipinski definition) is 1. The molecular weight excluding hydrogens is 232 g/mol. The second-order valence-electron chi connectivity index (χ2n) is 5.30. The molecule has 2 N–H and O–H groups in total. The quantitative estimate of drug-likeness (QED) is 0.674. The highest BCUT2D eigenvalue weighted by atomic mass is 14.9. The van der Waals surface area contributed by atoms with Crippen molar-refractivity contribution in [2.24, 2.45) is 0 Å². The van der Waals surface area contributed by atoms with Gasteiger partial charge in [-0.15, -0.1) is 0 Å². The highest BCUT2D eigenvalue weighted by molar-refractivity contribution is 5.85. The first-order valence-corrected chi connectivity index (χ1v) is 6.61. The van der Waals surface area contributed by atoms with Gasteiger partial charge in [0.1, 0.15) is 0 Å². The summed E-state index contributed by atoms with van der Waals surface area (Å²) in [6.45, 7) is 4.42. The molecule has 0 fully saturated rings. The van der Waals surface area contributed by atoms with Crippen molar-refractivity contribution in [2.45, 2.75) is 19.8 Å². The van der Waals surface area contributed by atoms with Crippen LogP contribution >= 0.6 is 0 Å². The van der Waals surface area contributed by atoms with Crippen LogP contribution in [0, 0.1) is 0 Å². The van der Waals surface area contributed by atoms with Crippen LogP contribution in [0.25, 0.3) is 16.5 Å². The van der Waals surface area contributed by atoms with Crippen molar-refractivity contribution >= 4 is 16.5 Å². The van der Waals surface area contributed by atoms with Gasteiger partial charge in [0.2, 0.25) is 0 Å². The summed E-state index contributed by atoms with van der Waals surface area (Å²) in [6, 6.07) is 14.7. The fraction of sp³-hybridized carbons (Fsp3) is 0.176. The monoisotopic (exact) mass is 250 g/mol. The molecule has 0 aliphatic rings. The third-order valence-electron chi connectivity index (χ3n) is 3.53. The number of hydrogen-bond acceptors (Lipinski definition) is 1. The summed E-state index contributed by atoms with van der Waals surface area (Å²) in [5.74, 6) is 0.567. The normalized spacial score (nSPS) is 11.3. The lowest BCUT2D eigenvalue weighted by Crippen LogP contribution is -1.91. The van der Waals surface area contributed by atoms with Gasteiger partial charge in [-0.1, -0.05) is 32.0 Å². The Labute approximate surface area is 113 Å². The van der Waals surface area contributed by atoms with Gasteiger partial charge in [-0.25, -0.2) is 0 Å². The van der Waals surface area contributed by atoms with Gasteiger partial charge in [-0.3, -0.25) is 0 Å². The van der Waals surface area contributed by atoms with E-state index in [1.54, 1.807) is 0 Å². The van der Waals surface area contributed by atoms with Crippen LogP contribution in [0.4, 0.5) is 5.69 Å². The molecule has 0 saturated heterocycles. The van der Waals surface area contributed by atoms with Gasteiger partial charge in [0, 0.05) is 29.2 Å². The topological polar surface area (TPSA) is 30.9 Å². The number of aromatic nitrogens is 1. The minimum atomic E-state index is 0.567. The summed E-state index contributed by atoms with van der Waals surface area (Å²) < 4.78 is 2.15. The van der Waals surface area contributed by atoms with E-state index in [1.165, 1.54) is 22.0 Å². The predicted octanol–water partition coefficient (Wildman–Crippen LogP) is 4.34. The zero-order valence-corrected chi connectivity index (χ0v) is 11.3. The number of fused-ring (bicyclic) bond motifs is 1. The van der Waals surface area contributed by atoms with Crippen LogP contribution in [0.2, 0.25) is 0 Å². The molecule has 2 aromatic carbocycles. The summed E-state index contributed by atoms with van der Waals surface area (Å²) in [6.07, 6.45) is 4.26. The Morgan fingerprint density at radius 2 is 1.58 bits per heavy atom. The van der Waals surface area contributed by atoms with E-state index in [9.17, 15) is 0 Å². The van der Waals surface area contributed by atoms with Crippen molar-refractivity contribution in [1.29, 1.82) is 0 Å². The molecule has 1 aromatic heterocycles. The Balaban J connectivity index is 2.03. The number of nitrogen functional groups attached to an aromatic ring is 1. The summed E-state index contributed by atoms with van der Waals surface area (Å²) in [5, 5.41) is 2.38. The van der Waals surface area contributed by atoms with E-state index in [4.69, 9.17) is 5.73 Å². The summed E-state index contributed by atoms with van der Waals surface area (Å²) in [4.78, 5) is 0. The molecule has 0 bridgehead atoms. The molecule has 0 unspecified atom stereocenters. The molecule has 0 atom stereocenters. The van der Waals surface area contributed by atoms with E-state index < -0.39 is 0 Å². The molecule has 1 heterocycles. The summed E-state index contributed by atoms with van der Waals surface area (Å²) in [7, 11) is 0. The van der Waals surface area contributed by atoms with Gasteiger partial charge >= 0.3 is 0 Å². The number of nitrogens with two attached hydrogens (primary N) is 1. The molecule has 96 valence electrons. The van der Waals surface area contributed by atoms with Crippen LogP contribution in [0.3, 0.4) is 0 Å². The molecule has 3 rings (SSSR count). The Hall–Kier alpha value is -2.22. The third kappa shape index (κ3) is 2.22. The molecular formula is C17H18N2. The van der Waals surface area contributed by atoms with E-state index in [0.29, 0.717) is 5.92 Å². The van der Waals surface area contributed by atoms with Gasteiger partial charge in [-0.2, -0.15) is 0 Å². The maximum Gasteiger partial charge on any atom is 0.0450 e. The highest BCUT2D eigenvalue weighted by Gasteiger charge is 2.03. The Kier molecular flexibility index (Phi) is 2.79. The van der Waals surface area contributed by atoms with Crippen LogP contribution in [0.5, 0.6) is 0 Å². The van der Waals surface area contributed by atoms with Gasteiger partial charge in [0.15, 0.2) is 0 Å². The Morgan fingerprint density at radius 3 is 2.26 bits per heavy atom. The van der Waals surface area contributed by atoms with Gasteiger partial charge in [0.05, 0.1) is 0 Å². The lowest BCUT2D eigenvalue weighted by atomic mass is 10.0. The first-order valence-electron chi connectivity index (χ1n) is 6.61. The second kappa shape index (κ2) is 4.47. The molecule has 19 heavy (non-hydrogen) atoms. The van der Waals surface area contributed by atoms with Crippen molar-refractivity contribution in [3.63, 3.8) is 0 Å². The van der Waals surface area contributed by atoms with Crippen molar-refractivity contribution in [1.82, 2.24) is 4.57 Å². The van der Waals surface area contributed by atoms with Crippen molar-refractivity contribution in [3.05, 3.63) is 60.4 Å². The molecule has 2 heteroatoms. The standard InChI is InChI=1S/C17H18N2/c1-12(2)13-4-7-17(8-5-13)19-10-14-3-6-16(18)9-15(14)11-19/h3-12H,18H2,1-2H3. The molecule has 0 radical (unpaired) electrons. The fourth-order valence-electron chi connectivity index (χ4n) is 2.34. The molecule has 0 aliphatic carbocycles. The zero-order valence-electron chi connectivity index (χ0n) is 11.3.